The third-order valence-corrected chi connectivity index (χ3v) is 2.76. The molecule has 0 atom stereocenters. The first-order valence-corrected chi connectivity index (χ1v) is 6.25. The molecule has 0 saturated carbocycles. The molecule has 0 unspecified atom stereocenters. The topological polar surface area (TPSA) is 69.2 Å². The zero-order valence-corrected chi connectivity index (χ0v) is 14.6. The van der Waals surface area contributed by atoms with Gasteiger partial charge in [0.2, 0.25) is 0 Å². The smallest absolute Gasteiger partial charge is 0.857 e. The second kappa shape index (κ2) is 16.5. The second-order valence-electron chi connectivity index (χ2n) is 3.44. The van der Waals surface area contributed by atoms with Crippen molar-refractivity contribution in [3.63, 3.8) is 0 Å². The van der Waals surface area contributed by atoms with Gasteiger partial charge in [-0.3, -0.25) is 0 Å². The van der Waals surface area contributed by atoms with Crippen molar-refractivity contribution in [2.24, 2.45) is 0 Å². The first kappa shape index (κ1) is 24.4. The average Bonchev–Trinajstić information content (AvgIpc) is 3.00. The van der Waals surface area contributed by atoms with Crippen LogP contribution >= 0.6 is 0 Å². The van der Waals surface area contributed by atoms with Crippen LogP contribution in [0.25, 0.3) is 10.8 Å². The first-order chi connectivity index (χ1) is 9.36. The van der Waals surface area contributed by atoms with E-state index in [4.69, 9.17) is 15.3 Å². The summed E-state index contributed by atoms with van der Waals surface area (Å²) in [4.78, 5) is 0. The summed E-state index contributed by atoms with van der Waals surface area (Å²) >= 11 is 0. The molecule has 0 aliphatic rings. The second-order valence-corrected chi connectivity index (χ2v) is 3.44. The van der Waals surface area contributed by atoms with Gasteiger partial charge in [0, 0.05) is 0 Å². The molecule has 4 heteroatoms. The summed E-state index contributed by atoms with van der Waals surface area (Å²) in [5.41, 5.74) is 3.03. The number of benzene rings is 1. The maximum Gasteiger partial charge on any atom is 4.00 e. The number of aryl methyl sites for hydroxylation is 2. The summed E-state index contributed by atoms with van der Waals surface area (Å²) in [6.07, 6.45) is 2.29. The Balaban J connectivity index is -0.000000368. The predicted molar refractivity (Wildman–Crippen MR) is 76.1 cm³/mol. The van der Waals surface area contributed by atoms with Gasteiger partial charge in [0.1, 0.15) is 0 Å². The molecule has 0 spiro atoms. The minimum atomic E-state index is 0. The Hall–Kier alpha value is -0.576. The van der Waals surface area contributed by atoms with Crippen LogP contribution in [0.2, 0.25) is 0 Å². The van der Waals surface area contributed by atoms with Gasteiger partial charge in [0.25, 0.3) is 0 Å². The summed E-state index contributed by atoms with van der Waals surface area (Å²) in [5, 5.41) is 27.6. The molecule has 0 N–H and O–H groups in total. The predicted octanol–water partition coefficient (Wildman–Crippen LogP) is 0.610. The quantitative estimate of drug-likeness (QED) is 0.603. The Morgan fingerprint density at radius 1 is 0.850 bits per heavy atom. The summed E-state index contributed by atoms with van der Waals surface area (Å²) in [6.45, 7) is 4.46. The first-order valence-electron chi connectivity index (χ1n) is 6.25. The van der Waals surface area contributed by atoms with Gasteiger partial charge in [-0.25, -0.2) is 0 Å². The molecule has 2 aromatic carbocycles. The van der Waals surface area contributed by atoms with Gasteiger partial charge in [-0.1, -0.05) is 25.0 Å². The van der Waals surface area contributed by atoms with E-state index >= 15 is 0 Å². The summed E-state index contributed by atoms with van der Waals surface area (Å²) in [5.74, 6) is 0. The molecule has 0 fully saturated rings. The van der Waals surface area contributed by atoms with Crippen LogP contribution in [0, 0.1) is 0 Å². The number of hydrogen-bond donors (Lipinski definition) is 0. The number of rotatable bonds is 2. The van der Waals surface area contributed by atoms with Gasteiger partial charge >= 0.3 is 21.7 Å². The Labute approximate surface area is 137 Å². The summed E-state index contributed by atoms with van der Waals surface area (Å²) < 4.78 is 0. The fourth-order valence-corrected chi connectivity index (χ4v) is 2.07. The van der Waals surface area contributed by atoms with Crippen molar-refractivity contribution in [1.82, 2.24) is 0 Å². The van der Waals surface area contributed by atoms with Crippen LogP contribution < -0.4 is 15.3 Å². The van der Waals surface area contributed by atoms with Crippen molar-refractivity contribution in [2.75, 3.05) is 21.3 Å². The Morgan fingerprint density at radius 2 is 1.40 bits per heavy atom. The molecule has 0 saturated heterocycles. The molecule has 0 bridgehead atoms. The normalized spacial score (nSPS) is 8.00. The van der Waals surface area contributed by atoms with Crippen molar-refractivity contribution in [3.8, 4) is 0 Å². The fraction of sp³-hybridized carbons (Fsp3) is 0.438. The Morgan fingerprint density at radius 3 is 1.85 bits per heavy atom. The molecule has 0 aliphatic carbocycles. The minimum absolute atomic E-state index is 0. The monoisotopic (exact) mass is 312 g/mol. The third-order valence-electron chi connectivity index (χ3n) is 2.76. The van der Waals surface area contributed by atoms with Crippen LogP contribution in [0.15, 0.2) is 30.3 Å². The van der Waals surface area contributed by atoms with E-state index in [1.165, 1.54) is 21.9 Å². The number of hydrogen-bond acceptors (Lipinski definition) is 3. The van der Waals surface area contributed by atoms with E-state index in [9.17, 15) is 0 Å². The molecule has 0 radical (unpaired) electrons. The molecular weight excluding hydrogens is 288 g/mol. The van der Waals surface area contributed by atoms with Gasteiger partial charge in [-0.2, -0.15) is 33.5 Å². The minimum Gasteiger partial charge on any atom is -0.857 e. The molecule has 2 aromatic rings. The average molecular weight is 312 g/mol. The fourth-order valence-electron chi connectivity index (χ4n) is 2.07. The standard InChI is InChI=1S/C13H15.3CH3O.Ti/c1-3-10-8-9-11-6-5-7-13(11)12(10)4-2;3*1-2;/h5-9H,3-4H2,1-2H3;3*1H3;/q4*-1;+4. The van der Waals surface area contributed by atoms with E-state index in [-0.39, 0.29) is 21.7 Å². The number of fused-ring (bicyclic) bond motifs is 1. The molecule has 0 amide bonds. The van der Waals surface area contributed by atoms with Crippen LogP contribution in [0.4, 0.5) is 0 Å². The van der Waals surface area contributed by atoms with Crippen molar-refractivity contribution >= 4 is 10.8 Å². The van der Waals surface area contributed by atoms with Crippen molar-refractivity contribution in [3.05, 3.63) is 41.5 Å². The molecule has 0 aromatic heterocycles. The van der Waals surface area contributed by atoms with Crippen LogP contribution in [0.3, 0.4) is 0 Å². The maximum absolute atomic E-state index is 8.25. The molecule has 110 valence electrons. The van der Waals surface area contributed by atoms with Crippen molar-refractivity contribution < 1.29 is 37.0 Å². The van der Waals surface area contributed by atoms with Gasteiger partial charge in [-0.05, 0) is 12.8 Å². The third kappa shape index (κ3) is 6.73. The van der Waals surface area contributed by atoms with Crippen LogP contribution in [-0.4, -0.2) is 21.3 Å². The molecular formula is C16H24O3Ti. The molecule has 3 nitrogen and oxygen atoms in total. The SMILES string of the molecule is CCc1ccc2[cH-]ccc2c1CC.C[O-].C[O-].C[O-].[Ti+4]. The van der Waals surface area contributed by atoms with Crippen LogP contribution in [0.5, 0.6) is 0 Å². The summed E-state index contributed by atoms with van der Waals surface area (Å²) in [6, 6.07) is 11.1. The van der Waals surface area contributed by atoms with E-state index in [0.717, 1.165) is 34.2 Å². The van der Waals surface area contributed by atoms with E-state index in [1.807, 2.05) is 0 Å². The van der Waals surface area contributed by atoms with E-state index in [1.54, 1.807) is 0 Å². The summed E-state index contributed by atoms with van der Waals surface area (Å²) in [7, 11) is 2.25. The zero-order valence-electron chi connectivity index (χ0n) is 13.0. The van der Waals surface area contributed by atoms with Gasteiger partial charge < -0.3 is 15.3 Å². The van der Waals surface area contributed by atoms with E-state index < -0.39 is 0 Å². The molecule has 20 heavy (non-hydrogen) atoms. The molecule has 0 aliphatic heterocycles. The zero-order chi connectivity index (χ0) is 15.3. The van der Waals surface area contributed by atoms with Gasteiger partial charge in [0.05, 0.1) is 0 Å². The van der Waals surface area contributed by atoms with Crippen LogP contribution in [-0.2, 0) is 34.6 Å². The Kier molecular flexibility index (Phi) is 20.1. The van der Waals surface area contributed by atoms with Crippen molar-refractivity contribution in [1.29, 1.82) is 0 Å². The van der Waals surface area contributed by atoms with Gasteiger partial charge in [-0.15, -0.1) is 29.0 Å². The maximum atomic E-state index is 8.25. The van der Waals surface area contributed by atoms with Gasteiger partial charge in [0.15, 0.2) is 0 Å². The Bertz CT molecular complexity index is 425. The molecule has 2 rings (SSSR count). The molecule has 0 heterocycles. The largest absolute Gasteiger partial charge is 4.00 e. The van der Waals surface area contributed by atoms with Crippen molar-refractivity contribution in [2.45, 2.75) is 26.7 Å². The van der Waals surface area contributed by atoms with Crippen LogP contribution in [0.1, 0.15) is 25.0 Å². The van der Waals surface area contributed by atoms with E-state index in [2.05, 4.69) is 44.2 Å². The van der Waals surface area contributed by atoms with E-state index in [0.29, 0.717) is 0 Å².